The van der Waals surface area contributed by atoms with E-state index >= 15 is 0 Å². The number of H-pyrrole nitrogens is 1. The van der Waals surface area contributed by atoms with Crippen molar-refractivity contribution >= 4 is 55.6 Å². The van der Waals surface area contributed by atoms with Crippen molar-refractivity contribution in [3.63, 3.8) is 0 Å². The molecule has 29 heavy (non-hydrogen) atoms. The zero-order valence-electron chi connectivity index (χ0n) is 14.1. The zero-order chi connectivity index (χ0) is 21.0. The number of nitrogens with one attached hydrogen (secondary N) is 1. The molecule has 0 aliphatic heterocycles. The largest absolute Gasteiger partial charge is 1.00 e. The number of nitro benzene ring substituents is 2. The van der Waals surface area contributed by atoms with Gasteiger partial charge in [-0.3, -0.25) is 30.1 Å². The maximum Gasteiger partial charge on any atom is 1.00 e. The molecule has 0 aliphatic carbocycles. The summed E-state index contributed by atoms with van der Waals surface area (Å²) in [6, 6.07) is 3.12. The summed E-state index contributed by atoms with van der Waals surface area (Å²) in [5.74, 6) is 0. The van der Waals surface area contributed by atoms with E-state index in [2.05, 4.69) is 5.10 Å². The molecular formula is C13H5Cl2N4NaO8S. The number of nitrogens with zero attached hydrogens (tertiary/aromatic N) is 3. The fourth-order valence-electron chi connectivity index (χ4n) is 2.48. The summed E-state index contributed by atoms with van der Waals surface area (Å²) in [5.41, 5.74) is -2.91. The van der Waals surface area contributed by atoms with Gasteiger partial charge in [0.05, 0.1) is 41.9 Å². The second-order valence-electron chi connectivity index (χ2n) is 5.34. The molecule has 0 saturated heterocycles. The Labute approximate surface area is 192 Å². The molecule has 0 radical (unpaired) electrons. The summed E-state index contributed by atoms with van der Waals surface area (Å²) in [5, 5.41) is 23.3. The van der Waals surface area contributed by atoms with Crippen LogP contribution >= 0.6 is 23.2 Å². The number of aromatic nitrogens is 2. The molecule has 146 valence electrons. The van der Waals surface area contributed by atoms with Crippen molar-refractivity contribution in [2.45, 2.75) is 4.90 Å². The first-order valence-corrected chi connectivity index (χ1v) is 9.11. The van der Waals surface area contributed by atoms with Crippen molar-refractivity contribution in [2.75, 3.05) is 0 Å². The standard InChI is InChI=1S/C13H6Cl2N4O8S.Na/c14-7-4-11(28(25,26)27)8(15)3-9(7)17-13(20)6-1-5(18(21)22)2-10(19(23)24)12(6)16-17;/h1-4,16H,(H,25,26,27);/q;+1/p-1. The van der Waals surface area contributed by atoms with Gasteiger partial charge in [-0.25, -0.2) is 13.1 Å². The maximum atomic E-state index is 12.6. The van der Waals surface area contributed by atoms with Crippen molar-refractivity contribution in [3.8, 4) is 5.69 Å². The SMILES string of the molecule is O=c1c2cc([N+](=O)[O-])cc([N+](=O)[O-])c2[nH]n1-c1cc(Cl)c(S(=O)(=O)[O-])cc1Cl.[Na+]. The van der Waals surface area contributed by atoms with Crippen LogP contribution in [0, 0.1) is 20.2 Å². The van der Waals surface area contributed by atoms with E-state index in [4.69, 9.17) is 23.2 Å². The molecule has 1 heterocycles. The van der Waals surface area contributed by atoms with Crippen molar-refractivity contribution in [1.82, 2.24) is 9.78 Å². The van der Waals surface area contributed by atoms with Crippen molar-refractivity contribution in [3.05, 3.63) is 64.9 Å². The topological polar surface area (TPSA) is 181 Å². The van der Waals surface area contributed by atoms with Crippen LogP contribution < -0.4 is 35.1 Å². The number of fused-ring (bicyclic) bond motifs is 1. The predicted octanol–water partition coefficient (Wildman–Crippen LogP) is -0.650. The number of nitro groups is 2. The number of non-ortho nitro benzene ring substituents is 2. The smallest absolute Gasteiger partial charge is 0.744 e. The number of halogens is 2. The average Bonchev–Trinajstić information content (AvgIpc) is 2.91. The quantitative estimate of drug-likeness (QED) is 0.225. The van der Waals surface area contributed by atoms with Gasteiger partial charge in [0.15, 0.2) is 0 Å². The first-order chi connectivity index (χ1) is 12.9. The molecule has 0 saturated carbocycles. The Bertz CT molecular complexity index is 1350. The van der Waals surface area contributed by atoms with Gasteiger partial charge in [-0.05, 0) is 12.1 Å². The van der Waals surface area contributed by atoms with Crippen molar-refractivity contribution in [2.24, 2.45) is 0 Å². The van der Waals surface area contributed by atoms with E-state index in [1.165, 1.54) is 0 Å². The fourth-order valence-corrected chi connectivity index (χ4v) is 3.80. The Hall–Kier alpha value is -2.00. The van der Waals surface area contributed by atoms with Gasteiger partial charge >= 0.3 is 35.2 Å². The molecule has 3 rings (SSSR count). The number of rotatable bonds is 4. The van der Waals surface area contributed by atoms with Gasteiger partial charge in [0, 0.05) is 6.07 Å². The monoisotopic (exact) mass is 470 g/mol. The van der Waals surface area contributed by atoms with Crippen LogP contribution in [0.5, 0.6) is 0 Å². The zero-order valence-corrected chi connectivity index (χ0v) is 18.4. The van der Waals surface area contributed by atoms with Crippen molar-refractivity contribution in [1.29, 1.82) is 0 Å². The summed E-state index contributed by atoms with van der Waals surface area (Å²) in [4.78, 5) is 32.2. The van der Waals surface area contributed by atoms with Gasteiger partial charge in [-0.1, -0.05) is 23.2 Å². The molecule has 2 aromatic carbocycles. The van der Waals surface area contributed by atoms with Gasteiger partial charge in [-0.15, -0.1) is 0 Å². The summed E-state index contributed by atoms with van der Waals surface area (Å²) in [6.07, 6.45) is 0. The van der Waals surface area contributed by atoms with Crippen LogP contribution in [0.25, 0.3) is 16.6 Å². The molecule has 0 fully saturated rings. The first kappa shape index (κ1) is 23.3. The number of aromatic amines is 1. The minimum atomic E-state index is -4.95. The molecule has 1 aromatic heterocycles. The summed E-state index contributed by atoms with van der Waals surface area (Å²) in [7, 11) is -4.95. The van der Waals surface area contributed by atoms with Crippen molar-refractivity contribution < 1.29 is 52.4 Å². The van der Waals surface area contributed by atoms with Gasteiger partial charge in [0.25, 0.3) is 11.2 Å². The van der Waals surface area contributed by atoms with Gasteiger partial charge < -0.3 is 4.55 Å². The maximum absolute atomic E-state index is 12.6. The van der Waals surface area contributed by atoms with E-state index in [0.29, 0.717) is 10.7 Å². The van der Waals surface area contributed by atoms with E-state index in [1.807, 2.05) is 0 Å². The fraction of sp³-hybridized carbons (Fsp3) is 0. The third-order valence-electron chi connectivity index (χ3n) is 3.68. The van der Waals surface area contributed by atoms with Gasteiger partial charge in [0.1, 0.15) is 15.6 Å². The van der Waals surface area contributed by atoms with Crippen LogP contribution in [0.3, 0.4) is 0 Å². The first-order valence-electron chi connectivity index (χ1n) is 6.94. The molecule has 0 spiro atoms. The Kier molecular flexibility index (Phi) is 6.44. The second-order valence-corrected chi connectivity index (χ2v) is 7.50. The van der Waals surface area contributed by atoms with E-state index in [0.717, 1.165) is 18.2 Å². The summed E-state index contributed by atoms with van der Waals surface area (Å²) < 4.78 is 34.2. The third-order valence-corrected chi connectivity index (χ3v) is 5.28. The minimum absolute atomic E-state index is 0. The van der Waals surface area contributed by atoms with Gasteiger partial charge in [0.2, 0.25) is 0 Å². The molecule has 0 unspecified atom stereocenters. The van der Waals surface area contributed by atoms with Crippen LogP contribution in [0.1, 0.15) is 0 Å². The molecule has 0 aliphatic rings. The Morgan fingerprint density at radius 3 is 2.14 bits per heavy atom. The third kappa shape index (κ3) is 4.16. The van der Waals surface area contributed by atoms with Crippen LogP contribution in [0.2, 0.25) is 10.0 Å². The summed E-state index contributed by atoms with van der Waals surface area (Å²) in [6.45, 7) is 0. The van der Waals surface area contributed by atoms with Crippen LogP contribution in [0.4, 0.5) is 11.4 Å². The Morgan fingerprint density at radius 1 is 1.00 bits per heavy atom. The van der Waals surface area contributed by atoms with Gasteiger partial charge in [-0.2, -0.15) is 0 Å². The number of hydrogen-bond acceptors (Lipinski definition) is 8. The van der Waals surface area contributed by atoms with E-state index < -0.39 is 46.8 Å². The number of hydrogen-bond donors (Lipinski definition) is 1. The van der Waals surface area contributed by atoms with E-state index in [9.17, 15) is 38.0 Å². The molecule has 0 bridgehead atoms. The van der Waals surface area contributed by atoms with Crippen LogP contribution in [-0.2, 0) is 10.1 Å². The average molecular weight is 471 g/mol. The predicted molar refractivity (Wildman–Crippen MR) is 95.2 cm³/mol. The minimum Gasteiger partial charge on any atom is -0.744 e. The molecular weight excluding hydrogens is 466 g/mol. The molecule has 12 nitrogen and oxygen atoms in total. The normalized spacial score (nSPS) is 11.3. The molecule has 3 aromatic rings. The molecule has 0 amide bonds. The summed E-state index contributed by atoms with van der Waals surface area (Å²) >= 11 is 11.7. The molecule has 16 heteroatoms. The molecule has 0 atom stereocenters. The Balaban J connectivity index is 0.00000300. The van der Waals surface area contributed by atoms with E-state index in [-0.39, 0.29) is 51.2 Å². The Morgan fingerprint density at radius 2 is 1.62 bits per heavy atom. The molecule has 1 N–H and O–H groups in total. The van der Waals surface area contributed by atoms with E-state index in [1.54, 1.807) is 0 Å². The van der Waals surface area contributed by atoms with Crippen LogP contribution in [0.15, 0.2) is 34.0 Å². The van der Waals surface area contributed by atoms with Crippen LogP contribution in [-0.4, -0.2) is 32.6 Å². The number of benzene rings is 2. The second kappa shape index (κ2) is 8.02.